The number of hydrogen-bond donors (Lipinski definition) is 0. The van der Waals surface area contributed by atoms with E-state index in [4.69, 9.17) is 14.2 Å². The molecule has 0 unspecified atom stereocenters. The van der Waals surface area contributed by atoms with Crippen LogP contribution < -0.4 is 9.47 Å². The summed E-state index contributed by atoms with van der Waals surface area (Å²) in [6.45, 7) is 0. The molecule has 0 spiro atoms. The zero-order valence-corrected chi connectivity index (χ0v) is 20.4. The van der Waals surface area contributed by atoms with Crippen LogP contribution in [0.4, 0.5) is 8.78 Å². The van der Waals surface area contributed by atoms with Crippen molar-refractivity contribution in [1.29, 1.82) is 0 Å². The van der Waals surface area contributed by atoms with E-state index in [0.29, 0.717) is 38.3 Å². The zero-order valence-electron chi connectivity index (χ0n) is 20.4. The predicted octanol–water partition coefficient (Wildman–Crippen LogP) is 8.67. The summed E-state index contributed by atoms with van der Waals surface area (Å²) >= 11 is 0. The highest BCUT2D eigenvalue weighted by molar-refractivity contribution is 5.38. The Bertz CT molecular complexity index is 1190. The SMILES string of the molecule is FC=CCc1ccc(OC=C2C=CC(OC3=CCC(=COc4ccc(CC=CF)cc4)C=C3)=CC2)cc1. The maximum Gasteiger partial charge on any atom is 0.126 e. The van der Waals surface area contributed by atoms with Crippen molar-refractivity contribution in [2.45, 2.75) is 25.7 Å². The Kier molecular flexibility index (Phi) is 9.48. The van der Waals surface area contributed by atoms with E-state index in [1.807, 2.05) is 85.0 Å². The topological polar surface area (TPSA) is 27.7 Å². The molecule has 0 aromatic heterocycles. The van der Waals surface area contributed by atoms with Crippen LogP contribution in [0.3, 0.4) is 0 Å². The average molecular weight is 499 g/mol. The van der Waals surface area contributed by atoms with Crippen molar-refractivity contribution in [1.82, 2.24) is 0 Å². The molecular formula is C32H28F2O3. The lowest BCUT2D eigenvalue weighted by Gasteiger charge is -2.14. The van der Waals surface area contributed by atoms with Crippen LogP contribution in [0, 0.1) is 0 Å². The molecule has 2 aliphatic rings. The van der Waals surface area contributed by atoms with Gasteiger partial charge < -0.3 is 14.2 Å². The van der Waals surface area contributed by atoms with Crippen LogP contribution in [0.2, 0.25) is 0 Å². The summed E-state index contributed by atoms with van der Waals surface area (Å²) in [7, 11) is 0. The number of hydrogen-bond acceptors (Lipinski definition) is 3. The first-order valence-electron chi connectivity index (χ1n) is 12.1. The number of ether oxygens (including phenoxy) is 3. The van der Waals surface area contributed by atoms with Gasteiger partial charge in [-0.15, -0.1) is 0 Å². The van der Waals surface area contributed by atoms with Crippen molar-refractivity contribution in [3.05, 3.63) is 156 Å². The minimum Gasteiger partial charge on any atom is -0.465 e. The molecule has 4 rings (SSSR count). The number of halogens is 2. The van der Waals surface area contributed by atoms with Gasteiger partial charge in [0.25, 0.3) is 0 Å². The highest BCUT2D eigenvalue weighted by Crippen LogP contribution is 2.24. The number of benzene rings is 2. The summed E-state index contributed by atoms with van der Waals surface area (Å²) in [6.07, 6.45) is 21.8. The van der Waals surface area contributed by atoms with Crippen LogP contribution >= 0.6 is 0 Å². The quantitative estimate of drug-likeness (QED) is 0.307. The summed E-state index contributed by atoms with van der Waals surface area (Å²) in [5.41, 5.74) is 4.10. The zero-order chi connectivity index (χ0) is 25.7. The van der Waals surface area contributed by atoms with Crippen LogP contribution in [0.5, 0.6) is 11.5 Å². The van der Waals surface area contributed by atoms with Crippen molar-refractivity contribution in [2.75, 3.05) is 0 Å². The van der Waals surface area contributed by atoms with Crippen molar-refractivity contribution in [3.8, 4) is 11.5 Å². The van der Waals surface area contributed by atoms with Gasteiger partial charge in [-0.2, -0.15) is 0 Å². The maximum absolute atomic E-state index is 12.1. The molecule has 0 saturated carbocycles. The summed E-state index contributed by atoms with van der Waals surface area (Å²) in [5, 5.41) is 0. The molecule has 0 aliphatic heterocycles. The normalized spacial score (nSPS) is 17.5. The molecule has 0 atom stereocenters. The van der Waals surface area contributed by atoms with Gasteiger partial charge in [-0.1, -0.05) is 48.6 Å². The standard InChI is InChI=1S/C32H28F2O3/c33-21-1-3-25-5-13-29(14-6-25)35-23-27-9-17-31(18-10-27)37-32-19-11-28(12-20-32)24-36-30-15-7-26(8-16-30)4-2-22-34/h1-2,5-9,11,13-24H,3-4,10,12H2. The predicted molar refractivity (Wildman–Crippen MR) is 143 cm³/mol. The number of rotatable bonds is 10. The molecule has 0 radical (unpaired) electrons. The Morgan fingerprint density at radius 1 is 0.595 bits per heavy atom. The van der Waals surface area contributed by atoms with Crippen molar-refractivity contribution in [3.63, 3.8) is 0 Å². The maximum atomic E-state index is 12.1. The first-order valence-corrected chi connectivity index (χ1v) is 12.1. The first kappa shape index (κ1) is 25.7. The molecule has 0 fully saturated rings. The molecule has 3 nitrogen and oxygen atoms in total. The van der Waals surface area contributed by atoms with Crippen LogP contribution in [0.1, 0.15) is 24.0 Å². The molecule has 2 aromatic carbocycles. The second-order valence-corrected chi connectivity index (χ2v) is 8.43. The van der Waals surface area contributed by atoms with E-state index in [1.54, 1.807) is 12.5 Å². The summed E-state index contributed by atoms with van der Waals surface area (Å²) in [6, 6.07) is 15.2. The van der Waals surface area contributed by atoms with E-state index in [-0.39, 0.29) is 0 Å². The van der Waals surface area contributed by atoms with Gasteiger partial charge >= 0.3 is 0 Å². The smallest absolute Gasteiger partial charge is 0.126 e. The largest absolute Gasteiger partial charge is 0.465 e. The lowest BCUT2D eigenvalue weighted by molar-refractivity contribution is 0.331. The van der Waals surface area contributed by atoms with Gasteiger partial charge in [-0.05, 0) is 96.5 Å². The van der Waals surface area contributed by atoms with Crippen LogP contribution in [0.15, 0.2) is 145 Å². The lowest BCUT2D eigenvalue weighted by atomic mass is 10.1. The van der Waals surface area contributed by atoms with Gasteiger partial charge in [0.15, 0.2) is 0 Å². The molecule has 2 aliphatic carbocycles. The van der Waals surface area contributed by atoms with Gasteiger partial charge in [0, 0.05) is 0 Å². The summed E-state index contributed by atoms with van der Waals surface area (Å²) in [5.74, 6) is 3.02. The minimum absolute atomic E-state index is 0.557. The fraction of sp³-hybridized carbons (Fsp3) is 0.125. The van der Waals surface area contributed by atoms with E-state index < -0.39 is 0 Å². The lowest BCUT2D eigenvalue weighted by Crippen LogP contribution is -1.98. The van der Waals surface area contributed by atoms with Crippen molar-refractivity contribution >= 4 is 0 Å². The third-order valence-corrected chi connectivity index (χ3v) is 5.66. The molecule has 0 heterocycles. The van der Waals surface area contributed by atoms with E-state index >= 15 is 0 Å². The molecule has 37 heavy (non-hydrogen) atoms. The molecule has 5 heteroatoms. The molecule has 188 valence electrons. The van der Waals surface area contributed by atoms with Gasteiger partial charge in [-0.3, -0.25) is 0 Å². The Balaban J connectivity index is 1.21. The summed E-state index contributed by atoms with van der Waals surface area (Å²) < 4.78 is 41.7. The van der Waals surface area contributed by atoms with Crippen molar-refractivity contribution in [2.24, 2.45) is 0 Å². The monoisotopic (exact) mass is 498 g/mol. The minimum atomic E-state index is 0.557. The highest BCUT2D eigenvalue weighted by Gasteiger charge is 2.08. The Morgan fingerprint density at radius 3 is 1.38 bits per heavy atom. The molecule has 2 aromatic rings. The van der Waals surface area contributed by atoms with Crippen LogP contribution in [0.25, 0.3) is 0 Å². The Labute approximate surface area is 216 Å². The fourth-order valence-corrected chi connectivity index (χ4v) is 3.61. The van der Waals surface area contributed by atoms with Gasteiger partial charge in [0.2, 0.25) is 0 Å². The third-order valence-electron chi connectivity index (χ3n) is 5.66. The van der Waals surface area contributed by atoms with E-state index in [0.717, 1.165) is 45.3 Å². The van der Waals surface area contributed by atoms with E-state index in [9.17, 15) is 8.78 Å². The fourth-order valence-electron chi connectivity index (χ4n) is 3.61. The molecule has 0 bridgehead atoms. The second-order valence-electron chi connectivity index (χ2n) is 8.43. The number of allylic oxidation sites excluding steroid dienone is 10. The van der Waals surface area contributed by atoms with Crippen molar-refractivity contribution < 1.29 is 23.0 Å². The highest BCUT2D eigenvalue weighted by atomic mass is 19.1. The van der Waals surface area contributed by atoms with E-state index in [2.05, 4.69) is 0 Å². The van der Waals surface area contributed by atoms with Gasteiger partial charge in [0.05, 0.1) is 25.2 Å². The third kappa shape index (κ3) is 8.36. The van der Waals surface area contributed by atoms with E-state index in [1.165, 1.54) is 12.2 Å². The van der Waals surface area contributed by atoms with Crippen LogP contribution in [-0.2, 0) is 17.6 Å². The Hall–Kier alpha value is -4.38. The van der Waals surface area contributed by atoms with Gasteiger partial charge in [-0.25, -0.2) is 8.78 Å². The average Bonchev–Trinajstić information content (AvgIpc) is 2.95. The van der Waals surface area contributed by atoms with Gasteiger partial charge in [0.1, 0.15) is 23.0 Å². The van der Waals surface area contributed by atoms with Crippen LogP contribution in [-0.4, -0.2) is 0 Å². The molecule has 0 saturated heterocycles. The first-order chi connectivity index (χ1) is 18.2. The Morgan fingerprint density at radius 2 is 1.03 bits per heavy atom. The molecular weight excluding hydrogens is 470 g/mol. The second kappa shape index (κ2) is 13.6. The molecule has 0 N–H and O–H groups in total. The molecule has 0 amide bonds. The summed E-state index contributed by atoms with van der Waals surface area (Å²) in [4.78, 5) is 0.